The van der Waals surface area contributed by atoms with Crippen molar-refractivity contribution in [3.8, 4) is 0 Å². The fraction of sp³-hybridized carbons (Fsp3) is 0.400. The molecular formula is C15H19N3O6S. The van der Waals surface area contributed by atoms with Crippen LogP contribution in [0, 0.1) is 13.8 Å². The minimum atomic E-state index is -3.87. The summed E-state index contributed by atoms with van der Waals surface area (Å²) >= 11 is 0. The lowest BCUT2D eigenvalue weighted by molar-refractivity contribution is -0.149. The predicted molar refractivity (Wildman–Crippen MR) is 87.2 cm³/mol. The number of imide groups is 1. The first-order chi connectivity index (χ1) is 11.7. The number of nitrogens with one attached hydrogen (secondary N) is 2. The lowest BCUT2D eigenvalue weighted by Crippen LogP contribution is -2.38. The maximum Gasteiger partial charge on any atom is 0.324 e. The number of urea groups is 1. The lowest BCUT2D eigenvalue weighted by atomic mass is 10.1. The van der Waals surface area contributed by atoms with Gasteiger partial charge in [-0.05, 0) is 37.1 Å². The van der Waals surface area contributed by atoms with Crippen LogP contribution in [0.3, 0.4) is 0 Å². The molecular weight excluding hydrogens is 350 g/mol. The number of ether oxygens (including phenoxy) is 1. The molecule has 0 unspecified atom stereocenters. The molecule has 1 heterocycles. The first kappa shape index (κ1) is 18.9. The molecule has 1 saturated heterocycles. The smallest absolute Gasteiger partial charge is 0.324 e. The van der Waals surface area contributed by atoms with Crippen molar-refractivity contribution in [3.63, 3.8) is 0 Å². The molecule has 0 radical (unpaired) electrons. The van der Waals surface area contributed by atoms with Gasteiger partial charge in [0, 0.05) is 13.1 Å². The highest BCUT2D eigenvalue weighted by atomic mass is 32.2. The number of sulfonamides is 1. The van der Waals surface area contributed by atoms with Crippen molar-refractivity contribution in [1.29, 1.82) is 0 Å². The van der Waals surface area contributed by atoms with Crippen LogP contribution in [-0.4, -0.2) is 57.5 Å². The van der Waals surface area contributed by atoms with Crippen LogP contribution in [0.2, 0.25) is 0 Å². The van der Waals surface area contributed by atoms with Gasteiger partial charge in [-0.25, -0.2) is 13.2 Å². The Morgan fingerprint density at radius 1 is 1.28 bits per heavy atom. The standard InChI is InChI=1S/C15H19N3O6S/c1-10-3-4-12(7-11(10)2)25(22,23)17-8-14(20)24-9-13(19)18-6-5-16-15(18)21/h3-4,7,17H,5-6,8-9H2,1-2H3,(H,16,21). The van der Waals surface area contributed by atoms with E-state index in [0.29, 0.717) is 6.54 Å². The van der Waals surface area contributed by atoms with Crippen LogP contribution in [0.15, 0.2) is 23.1 Å². The molecule has 10 heteroatoms. The zero-order valence-corrected chi connectivity index (χ0v) is 14.7. The van der Waals surface area contributed by atoms with Crippen LogP contribution in [0.25, 0.3) is 0 Å². The van der Waals surface area contributed by atoms with E-state index < -0.39 is 41.1 Å². The number of benzene rings is 1. The highest BCUT2D eigenvalue weighted by Crippen LogP contribution is 2.14. The molecule has 2 N–H and O–H groups in total. The number of esters is 1. The molecule has 0 aliphatic carbocycles. The zero-order chi connectivity index (χ0) is 18.6. The third kappa shape index (κ3) is 4.77. The Balaban J connectivity index is 1.85. The third-order valence-corrected chi connectivity index (χ3v) is 5.11. The SMILES string of the molecule is Cc1ccc(S(=O)(=O)NCC(=O)OCC(=O)N2CCNC2=O)cc1C. The Hall–Kier alpha value is -2.46. The van der Waals surface area contributed by atoms with E-state index in [9.17, 15) is 22.8 Å². The van der Waals surface area contributed by atoms with Gasteiger partial charge >= 0.3 is 12.0 Å². The fourth-order valence-corrected chi connectivity index (χ4v) is 3.15. The Kier molecular flexibility index (Phi) is 5.75. The maximum absolute atomic E-state index is 12.1. The second-order valence-electron chi connectivity index (χ2n) is 5.51. The molecule has 3 amide bonds. The molecule has 2 rings (SSSR count). The number of carbonyl (C=O) groups excluding carboxylic acids is 3. The molecule has 1 aliphatic rings. The molecule has 25 heavy (non-hydrogen) atoms. The zero-order valence-electron chi connectivity index (χ0n) is 13.9. The van der Waals surface area contributed by atoms with E-state index in [1.54, 1.807) is 13.0 Å². The minimum absolute atomic E-state index is 0.0354. The first-order valence-corrected chi connectivity index (χ1v) is 9.00. The van der Waals surface area contributed by atoms with Crippen molar-refractivity contribution in [1.82, 2.24) is 14.9 Å². The highest BCUT2D eigenvalue weighted by molar-refractivity contribution is 7.89. The summed E-state index contributed by atoms with van der Waals surface area (Å²) in [6.07, 6.45) is 0. The summed E-state index contributed by atoms with van der Waals surface area (Å²) in [6, 6.07) is 4.06. The van der Waals surface area contributed by atoms with Gasteiger partial charge in [-0.1, -0.05) is 6.07 Å². The monoisotopic (exact) mass is 369 g/mol. The van der Waals surface area contributed by atoms with Gasteiger partial charge in [-0.2, -0.15) is 4.72 Å². The van der Waals surface area contributed by atoms with E-state index in [1.165, 1.54) is 12.1 Å². The van der Waals surface area contributed by atoms with Crippen molar-refractivity contribution in [3.05, 3.63) is 29.3 Å². The molecule has 1 aromatic rings. The summed E-state index contributed by atoms with van der Waals surface area (Å²) in [6.45, 7) is 2.94. The number of carbonyl (C=O) groups is 3. The molecule has 1 fully saturated rings. The second-order valence-corrected chi connectivity index (χ2v) is 7.28. The van der Waals surface area contributed by atoms with Gasteiger partial charge < -0.3 is 10.1 Å². The molecule has 0 atom stereocenters. The summed E-state index contributed by atoms with van der Waals surface area (Å²) < 4.78 is 31.1. The van der Waals surface area contributed by atoms with Crippen molar-refractivity contribution in [2.45, 2.75) is 18.7 Å². The van der Waals surface area contributed by atoms with Gasteiger partial charge in [-0.3, -0.25) is 14.5 Å². The third-order valence-electron chi connectivity index (χ3n) is 3.71. The number of aryl methyl sites for hydroxylation is 2. The molecule has 136 valence electrons. The lowest BCUT2D eigenvalue weighted by Gasteiger charge is -2.12. The Morgan fingerprint density at radius 3 is 2.60 bits per heavy atom. The summed E-state index contributed by atoms with van der Waals surface area (Å²) in [7, 11) is -3.87. The van der Waals surface area contributed by atoms with E-state index >= 15 is 0 Å². The molecule has 0 aromatic heterocycles. The molecule has 1 aromatic carbocycles. The summed E-state index contributed by atoms with van der Waals surface area (Å²) in [5.74, 6) is -1.58. The van der Waals surface area contributed by atoms with Crippen LogP contribution in [-0.2, 0) is 24.3 Å². The topological polar surface area (TPSA) is 122 Å². The van der Waals surface area contributed by atoms with E-state index in [4.69, 9.17) is 4.74 Å². The number of hydrogen-bond donors (Lipinski definition) is 2. The van der Waals surface area contributed by atoms with Gasteiger partial charge in [0.15, 0.2) is 6.61 Å². The largest absolute Gasteiger partial charge is 0.455 e. The van der Waals surface area contributed by atoms with Crippen molar-refractivity contribution < 1.29 is 27.5 Å². The van der Waals surface area contributed by atoms with E-state index in [1.807, 2.05) is 6.92 Å². The molecule has 0 bridgehead atoms. The molecule has 0 saturated carbocycles. The van der Waals surface area contributed by atoms with Crippen LogP contribution < -0.4 is 10.0 Å². The normalized spacial score (nSPS) is 14.3. The molecule has 1 aliphatic heterocycles. The fourth-order valence-electron chi connectivity index (χ4n) is 2.10. The van der Waals surface area contributed by atoms with Gasteiger partial charge in [0.05, 0.1) is 4.90 Å². The number of hydrogen-bond acceptors (Lipinski definition) is 6. The summed E-state index contributed by atoms with van der Waals surface area (Å²) in [4.78, 5) is 35.6. The van der Waals surface area contributed by atoms with Crippen LogP contribution in [0.4, 0.5) is 4.79 Å². The van der Waals surface area contributed by atoms with Gasteiger partial charge in [0.1, 0.15) is 6.54 Å². The number of amides is 3. The molecule has 0 spiro atoms. The van der Waals surface area contributed by atoms with E-state index in [0.717, 1.165) is 16.0 Å². The van der Waals surface area contributed by atoms with E-state index in [-0.39, 0.29) is 11.4 Å². The second kappa shape index (κ2) is 7.62. The maximum atomic E-state index is 12.1. The van der Waals surface area contributed by atoms with Crippen LogP contribution >= 0.6 is 0 Å². The van der Waals surface area contributed by atoms with Crippen LogP contribution in [0.1, 0.15) is 11.1 Å². The summed E-state index contributed by atoms with van der Waals surface area (Å²) in [5, 5.41) is 2.44. The van der Waals surface area contributed by atoms with Gasteiger partial charge in [0.2, 0.25) is 10.0 Å². The first-order valence-electron chi connectivity index (χ1n) is 7.51. The van der Waals surface area contributed by atoms with E-state index in [2.05, 4.69) is 10.0 Å². The number of nitrogens with zero attached hydrogens (tertiary/aromatic N) is 1. The quantitative estimate of drug-likeness (QED) is 0.663. The highest BCUT2D eigenvalue weighted by Gasteiger charge is 2.27. The minimum Gasteiger partial charge on any atom is -0.455 e. The van der Waals surface area contributed by atoms with Crippen molar-refractivity contribution in [2.75, 3.05) is 26.2 Å². The Labute approximate surface area is 145 Å². The van der Waals surface area contributed by atoms with Crippen molar-refractivity contribution in [2.24, 2.45) is 0 Å². The average molecular weight is 369 g/mol. The Bertz CT molecular complexity index is 805. The molecule has 9 nitrogen and oxygen atoms in total. The predicted octanol–water partition coefficient (Wildman–Crippen LogP) is -0.323. The van der Waals surface area contributed by atoms with Gasteiger partial charge in [-0.15, -0.1) is 0 Å². The van der Waals surface area contributed by atoms with Gasteiger partial charge in [0.25, 0.3) is 5.91 Å². The average Bonchev–Trinajstić information content (AvgIpc) is 2.99. The summed E-state index contributed by atoms with van der Waals surface area (Å²) in [5.41, 5.74) is 1.75. The number of rotatable bonds is 6. The van der Waals surface area contributed by atoms with Crippen molar-refractivity contribution >= 4 is 27.9 Å². The Morgan fingerprint density at radius 2 is 2.00 bits per heavy atom. The van der Waals surface area contributed by atoms with Crippen LogP contribution in [0.5, 0.6) is 0 Å².